The molecule has 0 aliphatic rings. The standard InChI is InChI=1S/C12H9NS/c1-2-12(14-7-1)10-3-4-11-9(8-10)5-6-13-11/h1-8,13H. The molecule has 2 heteroatoms. The fourth-order valence-corrected chi connectivity index (χ4v) is 2.37. The van der Waals surface area contributed by atoms with Crippen LogP contribution in [0.5, 0.6) is 0 Å². The van der Waals surface area contributed by atoms with E-state index in [4.69, 9.17) is 0 Å². The smallest absolute Gasteiger partial charge is 0.0454 e. The summed E-state index contributed by atoms with van der Waals surface area (Å²) in [5.74, 6) is 0. The van der Waals surface area contributed by atoms with Gasteiger partial charge in [-0.05, 0) is 40.6 Å². The van der Waals surface area contributed by atoms with Crippen molar-refractivity contribution in [2.24, 2.45) is 0 Å². The topological polar surface area (TPSA) is 15.8 Å². The summed E-state index contributed by atoms with van der Waals surface area (Å²) in [5, 5.41) is 3.38. The maximum Gasteiger partial charge on any atom is 0.0454 e. The fraction of sp³-hybridized carbons (Fsp3) is 0. The fourth-order valence-electron chi connectivity index (χ4n) is 1.65. The molecule has 1 aromatic carbocycles. The Labute approximate surface area is 86.0 Å². The molecule has 2 aromatic heterocycles. The number of fused-ring (bicyclic) bond motifs is 1. The predicted molar refractivity (Wildman–Crippen MR) is 61.6 cm³/mol. The van der Waals surface area contributed by atoms with Gasteiger partial charge in [-0.3, -0.25) is 0 Å². The average Bonchev–Trinajstić information content (AvgIpc) is 2.88. The van der Waals surface area contributed by atoms with Crippen LogP contribution in [0.1, 0.15) is 0 Å². The van der Waals surface area contributed by atoms with Crippen molar-refractivity contribution in [2.75, 3.05) is 0 Å². The normalized spacial score (nSPS) is 10.9. The van der Waals surface area contributed by atoms with Gasteiger partial charge in [0.05, 0.1) is 0 Å². The maximum absolute atomic E-state index is 3.20. The van der Waals surface area contributed by atoms with Crippen LogP contribution in [0.2, 0.25) is 0 Å². The first-order valence-electron chi connectivity index (χ1n) is 4.54. The first-order chi connectivity index (χ1) is 6.93. The number of hydrogen-bond acceptors (Lipinski definition) is 1. The first kappa shape index (κ1) is 7.83. The van der Waals surface area contributed by atoms with Crippen LogP contribution in [0.15, 0.2) is 48.0 Å². The van der Waals surface area contributed by atoms with E-state index in [-0.39, 0.29) is 0 Å². The first-order valence-corrected chi connectivity index (χ1v) is 5.42. The van der Waals surface area contributed by atoms with Gasteiger partial charge in [-0.1, -0.05) is 12.1 Å². The summed E-state index contributed by atoms with van der Waals surface area (Å²) in [7, 11) is 0. The summed E-state index contributed by atoms with van der Waals surface area (Å²) in [6, 6.07) is 12.8. The number of thiophene rings is 1. The van der Waals surface area contributed by atoms with Gasteiger partial charge in [0.15, 0.2) is 0 Å². The molecule has 2 heterocycles. The zero-order valence-corrected chi connectivity index (χ0v) is 8.34. The van der Waals surface area contributed by atoms with Crippen molar-refractivity contribution in [3.63, 3.8) is 0 Å². The van der Waals surface area contributed by atoms with E-state index in [1.807, 2.05) is 6.20 Å². The summed E-state index contributed by atoms with van der Waals surface area (Å²) in [6.45, 7) is 0. The van der Waals surface area contributed by atoms with Gasteiger partial charge in [0.25, 0.3) is 0 Å². The minimum absolute atomic E-state index is 1.20. The van der Waals surface area contributed by atoms with Crippen LogP contribution >= 0.6 is 11.3 Å². The zero-order valence-electron chi connectivity index (χ0n) is 7.53. The second-order valence-electron chi connectivity index (χ2n) is 3.26. The van der Waals surface area contributed by atoms with Gasteiger partial charge in [0, 0.05) is 16.6 Å². The van der Waals surface area contributed by atoms with E-state index in [0.717, 1.165) is 0 Å². The van der Waals surface area contributed by atoms with Gasteiger partial charge >= 0.3 is 0 Å². The van der Waals surface area contributed by atoms with Crippen molar-refractivity contribution in [3.8, 4) is 10.4 Å². The van der Waals surface area contributed by atoms with E-state index < -0.39 is 0 Å². The highest BCUT2D eigenvalue weighted by Crippen LogP contribution is 2.27. The molecule has 68 valence electrons. The minimum Gasteiger partial charge on any atom is -0.361 e. The molecular weight excluding hydrogens is 190 g/mol. The van der Waals surface area contributed by atoms with Gasteiger partial charge < -0.3 is 4.98 Å². The van der Waals surface area contributed by atoms with E-state index >= 15 is 0 Å². The van der Waals surface area contributed by atoms with Crippen molar-refractivity contribution in [1.82, 2.24) is 4.98 Å². The SMILES string of the molecule is c1csc(-c2ccc3[nH]ccc3c2)c1. The van der Waals surface area contributed by atoms with Gasteiger partial charge in [-0.2, -0.15) is 0 Å². The quantitative estimate of drug-likeness (QED) is 0.612. The average molecular weight is 199 g/mol. The molecule has 1 N–H and O–H groups in total. The highest BCUT2D eigenvalue weighted by atomic mass is 32.1. The van der Waals surface area contributed by atoms with Crippen LogP contribution in [0.4, 0.5) is 0 Å². The van der Waals surface area contributed by atoms with E-state index in [0.29, 0.717) is 0 Å². The molecule has 0 spiro atoms. The van der Waals surface area contributed by atoms with E-state index in [1.165, 1.54) is 21.3 Å². The minimum atomic E-state index is 1.20. The van der Waals surface area contributed by atoms with Crippen LogP contribution in [0.25, 0.3) is 21.3 Å². The van der Waals surface area contributed by atoms with Gasteiger partial charge in [0.1, 0.15) is 0 Å². The molecule has 0 aliphatic carbocycles. The summed E-state index contributed by atoms with van der Waals surface area (Å²) in [6.07, 6.45) is 1.98. The van der Waals surface area contributed by atoms with E-state index in [1.54, 1.807) is 11.3 Å². The summed E-state index contributed by atoms with van der Waals surface area (Å²) < 4.78 is 0. The Morgan fingerprint density at radius 1 is 1.07 bits per heavy atom. The Morgan fingerprint density at radius 3 is 2.93 bits per heavy atom. The third-order valence-electron chi connectivity index (χ3n) is 2.36. The molecule has 3 rings (SSSR count). The predicted octanol–water partition coefficient (Wildman–Crippen LogP) is 3.90. The highest BCUT2D eigenvalue weighted by Gasteiger charge is 2.00. The van der Waals surface area contributed by atoms with E-state index in [2.05, 4.69) is 46.8 Å². The van der Waals surface area contributed by atoms with Gasteiger partial charge in [-0.25, -0.2) is 0 Å². The number of aromatic nitrogens is 1. The zero-order chi connectivity index (χ0) is 9.38. The Kier molecular flexibility index (Phi) is 1.67. The summed E-state index contributed by atoms with van der Waals surface area (Å²) in [4.78, 5) is 4.52. The third kappa shape index (κ3) is 1.16. The van der Waals surface area contributed by atoms with E-state index in [9.17, 15) is 0 Å². The molecule has 14 heavy (non-hydrogen) atoms. The number of nitrogens with one attached hydrogen (secondary N) is 1. The lowest BCUT2D eigenvalue weighted by atomic mass is 10.1. The molecule has 0 aliphatic heterocycles. The van der Waals surface area contributed by atoms with Crippen LogP contribution in [-0.4, -0.2) is 4.98 Å². The van der Waals surface area contributed by atoms with Crippen molar-refractivity contribution < 1.29 is 0 Å². The largest absolute Gasteiger partial charge is 0.361 e. The Morgan fingerprint density at radius 2 is 2.07 bits per heavy atom. The van der Waals surface area contributed by atoms with Gasteiger partial charge in [0.2, 0.25) is 0 Å². The highest BCUT2D eigenvalue weighted by molar-refractivity contribution is 7.13. The molecule has 3 aromatic rings. The van der Waals surface area contributed by atoms with Gasteiger partial charge in [-0.15, -0.1) is 11.3 Å². The lowest BCUT2D eigenvalue weighted by Gasteiger charge is -1.97. The van der Waals surface area contributed by atoms with Crippen LogP contribution < -0.4 is 0 Å². The van der Waals surface area contributed by atoms with Crippen LogP contribution in [0.3, 0.4) is 0 Å². The molecule has 0 saturated carbocycles. The van der Waals surface area contributed by atoms with Crippen LogP contribution in [-0.2, 0) is 0 Å². The second-order valence-corrected chi connectivity index (χ2v) is 4.20. The molecule has 0 fully saturated rings. The monoisotopic (exact) mass is 199 g/mol. The van der Waals surface area contributed by atoms with Crippen molar-refractivity contribution in [3.05, 3.63) is 48.0 Å². The Bertz CT molecular complexity index is 548. The lowest BCUT2D eigenvalue weighted by Crippen LogP contribution is -1.72. The third-order valence-corrected chi connectivity index (χ3v) is 3.28. The molecule has 0 saturated heterocycles. The second kappa shape index (κ2) is 3.00. The maximum atomic E-state index is 3.20. The lowest BCUT2D eigenvalue weighted by molar-refractivity contribution is 1.48. The molecule has 0 unspecified atom stereocenters. The summed E-state index contributed by atoms with van der Waals surface area (Å²) in [5.41, 5.74) is 2.50. The molecular formula is C12H9NS. The number of hydrogen-bond donors (Lipinski definition) is 1. The van der Waals surface area contributed by atoms with Crippen molar-refractivity contribution in [1.29, 1.82) is 0 Å². The number of aromatic amines is 1. The molecule has 0 bridgehead atoms. The Balaban J connectivity index is 2.23. The number of rotatable bonds is 1. The molecule has 0 atom stereocenters. The van der Waals surface area contributed by atoms with Crippen LogP contribution in [0, 0.1) is 0 Å². The summed E-state index contributed by atoms with van der Waals surface area (Å²) >= 11 is 1.78. The van der Waals surface area contributed by atoms with Crippen molar-refractivity contribution >= 4 is 22.2 Å². The number of benzene rings is 1. The molecule has 1 nitrogen and oxygen atoms in total. The van der Waals surface area contributed by atoms with Crippen molar-refractivity contribution in [2.45, 2.75) is 0 Å². The molecule has 0 amide bonds. The molecule has 0 radical (unpaired) electrons. The number of H-pyrrole nitrogens is 1. The Hall–Kier alpha value is -1.54.